The number of nitrogens with two attached hydrogens (primary N) is 1. The number of halogens is 2. The van der Waals surface area contributed by atoms with Crippen molar-refractivity contribution in [1.82, 2.24) is 5.32 Å². The third kappa shape index (κ3) is 2.53. The Kier molecular flexibility index (Phi) is 3.99. The molecule has 1 aromatic carbocycles. The molecule has 4 nitrogen and oxygen atoms in total. The van der Waals surface area contributed by atoms with Gasteiger partial charge in [-0.25, -0.2) is 8.78 Å². The van der Waals surface area contributed by atoms with Crippen LogP contribution in [0.4, 0.5) is 14.5 Å². The molecule has 1 aliphatic heterocycles. The quantitative estimate of drug-likeness (QED) is 0.865. The highest BCUT2D eigenvalue weighted by atomic mass is 19.1. The average molecular weight is 269 g/mol. The Labute approximate surface area is 110 Å². The number of nitrogens with one attached hydrogen (secondary N) is 1. The molecule has 1 amide bonds. The molecule has 0 aromatic heterocycles. The second-order valence-corrected chi connectivity index (χ2v) is 4.58. The maximum Gasteiger partial charge on any atom is 0.242 e. The van der Waals surface area contributed by atoms with E-state index in [2.05, 4.69) is 5.32 Å². The van der Waals surface area contributed by atoms with Crippen LogP contribution in [0.1, 0.15) is 18.4 Å². The molecule has 0 saturated carbocycles. The monoisotopic (exact) mass is 269 g/mol. The fourth-order valence-electron chi connectivity index (χ4n) is 2.48. The van der Waals surface area contributed by atoms with Gasteiger partial charge in [0.15, 0.2) is 0 Å². The smallest absolute Gasteiger partial charge is 0.242 e. The van der Waals surface area contributed by atoms with Gasteiger partial charge in [0.1, 0.15) is 23.4 Å². The van der Waals surface area contributed by atoms with E-state index in [-0.39, 0.29) is 18.1 Å². The van der Waals surface area contributed by atoms with E-state index in [9.17, 15) is 13.6 Å². The molecule has 1 heterocycles. The Balaban J connectivity index is 2.38. The predicted octanol–water partition coefficient (Wildman–Crippen LogP) is 1.14. The largest absolute Gasteiger partial charge is 0.357 e. The summed E-state index contributed by atoms with van der Waals surface area (Å²) in [5, 5.41) is 2.52. The molecule has 0 radical (unpaired) electrons. The number of likely N-dealkylation sites (N-methyl/N-ethyl adjacent to an activating group) is 1. The Morgan fingerprint density at radius 3 is 2.63 bits per heavy atom. The van der Waals surface area contributed by atoms with Crippen LogP contribution in [0.25, 0.3) is 0 Å². The Morgan fingerprint density at radius 2 is 2.11 bits per heavy atom. The van der Waals surface area contributed by atoms with Crippen molar-refractivity contribution in [3.8, 4) is 0 Å². The van der Waals surface area contributed by atoms with Crippen LogP contribution in [0.3, 0.4) is 0 Å². The van der Waals surface area contributed by atoms with Crippen molar-refractivity contribution in [3.05, 3.63) is 29.3 Å². The first-order valence-corrected chi connectivity index (χ1v) is 6.24. The minimum atomic E-state index is -0.670. The number of nitrogens with zero attached hydrogens (tertiary/aromatic N) is 1. The van der Waals surface area contributed by atoms with Crippen LogP contribution in [0, 0.1) is 11.6 Å². The number of benzene rings is 1. The summed E-state index contributed by atoms with van der Waals surface area (Å²) >= 11 is 0. The minimum Gasteiger partial charge on any atom is -0.357 e. The van der Waals surface area contributed by atoms with E-state index in [1.54, 1.807) is 0 Å². The zero-order valence-corrected chi connectivity index (χ0v) is 10.7. The molecule has 104 valence electrons. The Hall–Kier alpha value is -1.69. The fraction of sp³-hybridized carbons (Fsp3) is 0.462. The van der Waals surface area contributed by atoms with Crippen molar-refractivity contribution < 1.29 is 13.6 Å². The third-order valence-corrected chi connectivity index (χ3v) is 3.40. The van der Waals surface area contributed by atoms with E-state index >= 15 is 0 Å². The van der Waals surface area contributed by atoms with Gasteiger partial charge < -0.3 is 16.0 Å². The average Bonchev–Trinajstić information content (AvgIpc) is 2.86. The van der Waals surface area contributed by atoms with Gasteiger partial charge in [-0.15, -0.1) is 0 Å². The van der Waals surface area contributed by atoms with Gasteiger partial charge in [-0.05, 0) is 30.5 Å². The summed E-state index contributed by atoms with van der Waals surface area (Å²) in [6.45, 7) is 0.543. The summed E-state index contributed by atoms with van der Waals surface area (Å²) in [6.07, 6.45) is 1.33. The van der Waals surface area contributed by atoms with Gasteiger partial charge in [0, 0.05) is 20.1 Å². The van der Waals surface area contributed by atoms with Gasteiger partial charge in [0.05, 0.1) is 0 Å². The summed E-state index contributed by atoms with van der Waals surface area (Å²) in [5.41, 5.74) is 5.64. The van der Waals surface area contributed by atoms with Crippen LogP contribution in [-0.4, -0.2) is 25.5 Å². The number of anilines is 1. The van der Waals surface area contributed by atoms with Crippen molar-refractivity contribution in [1.29, 1.82) is 0 Å². The minimum absolute atomic E-state index is 0.0764. The maximum atomic E-state index is 14.0. The van der Waals surface area contributed by atoms with E-state index in [0.717, 1.165) is 6.42 Å². The summed E-state index contributed by atoms with van der Waals surface area (Å²) < 4.78 is 28.0. The Bertz CT molecular complexity index is 470. The molecule has 6 heteroatoms. The van der Waals surface area contributed by atoms with Gasteiger partial charge >= 0.3 is 0 Å². The highest BCUT2D eigenvalue weighted by Gasteiger charge is 2.33. The molecule has 0 bridgehead atoms. The first-order chi connectivity index (χ1) is 9.08. The molecule has 2 rings (SSSR count). The van der Waals surface area contributed by atoms with Gasteiger partial charge in [-0.2, -0.15) is 0 Å². The van der Waals surface area contributed by atoms with Crippen LogP contribution in [-0.2, 0) is 11.3 Å². The highest BCUT2D eigenvalue weighted by molar-refractivity contribution is 5.85. The molecule has 1 fully saturated rings. The SMILES string of the molecule is CNC(=O)C1CCCN1c1c(F)cc(CN)cc1F. The standard InChI is InChI=1S/C13H17F2N3O/c1-17-13(19)11-3-2-4-18(11)12-9(14)5-8(7-16)6-10(12)15/h5-6,11H,2-4,7,16H2,1H3,(H,17,19). The molecular weight excluding hydrogens is 252 g/mol. The van der Waals surface area contributed by atoms with Gasteiger partial charge in [-0.1, -0.05) is 0 Å². The zero-order chi connectivity index (χ0) is 14.0. The van der Waals surface area contributed by atoms with E-state index < -0.39 is 17.7 Å². The number of hydrogen-bond acceptors (Lipinski definition) is 3. The fourth-order valence-corrected chi connectivity index (χ4v) is 2.48. The molecule has 1 atom stereocenters. The molecule has 19 heavy (non-hydrogen) atoms. The van der Waals surface area contributed by atoms with E-state index in [1.807, 2.05) is 0 Å². The van der Waals surface area contributed by atoms with Crippen molar-refractivity contribution in [2.45, 2.75) is 25.4 Å². The number of hydrogen-bond donors (Lipinski definition) is 2. The number of amides is 1. The Morgan fingerprint density at radius 1 is 1.47 bits per heavy atom. The van der Waals surface area contributed by atoms with E-state index in [1.165, 1.54) is 24.1 Å². The van der Waals surface area contributed by atoms with E-state index in [4.69, 9.17) is 5.73 Å². The molecule has 1 saturated heterocycles. The van der Waals surface area contributed by atoms with Crippen LogP contribution < -0.4 is 16.0 Å². The summed E-state index contributed by atoms with van der Waals surface area (Å²) in [6, 6.07) is 1.92. The lowest BCUT2D eigenvalue weighted by atomic mass is 10.1. The van der Waals surface area contributed by atoms with Gasteiger partial charge in [0.25, 0.3) is 0 Å². The first kappa shape index (κ1) is 13.7. The molecule has 1 unspecified atom stereocenters. The highest BCUT2D eigenvalue weighted by Crippen LogP contribution is 2.31. The van der Waals surface area contributed by atoms with Crippen LogP contribution >= 0.6 is 0 Å². The molecule has 0 aliphatic carbocycles. The van der Waals surface area contributed by atoms with E-state index in [0.29, 0.717) is 18.5 Å². The molecule has 0 spiro atoms. The maximum absolute atomic E-state index is 14.0. The van der Waals surface area contributed by atoms with Crippen molar-refractivity contribution in [2.24, 2.45) is 5.73 Å². The van der Waals surface area contributed by atoms with Crippen molar-refractivity contribution in [2.75, 3.05) is 18.5 Å². The first-order valence-electron chi connectivity index (χ1n) is 6.24. The lowest BCUT2D eigenvalue weighted by molar-refractivity contribution is -0.121. The normalized spacial score (nSPS) is 18.7. The molecule has 3 N–H and O–H groups in total. The van der Waals surface area contributed by atoms with Crippen LogP contribution in [0.2, 0.25) is 0 Å². The summed E-state index contributed by atoms with van der Waals surface area (Å²) in [5.74, 6) is -1.56. The number of carbonyl (C=O) groups excluding carboxylic acids is 1. The van der Waals surface area contributed by atoms with Crippen LogP contribution in [0.5, 0.6) is 0 Å². The molecule has 1 aromatic rings. The lowest BCUT2D eigenvalue weighted by Crippen LogP contribution is -2.42. The number of rotatable bonds is 3. The lowest BCUT2D eigenvalue weighted by Gasteiger charge is -2.26. The van der Waals surface area contributed by atoms with Crippen molar-refractivity contribution in [3.63, 3.8) is 0 Å². The second-order valence-electron chi connectivity index (χ2n) is 4.58. The molecular formula is C13H17F2N3O. The third-order valence-electron chi connectivity index (χ3n) is 3.40. The zero-order valence-electron chi connectivity index (χ0n) is 10.7. The van der Waals surface area contributed by atoms with Gasteiger partial charge in [-0.3, -0.25) is 4.79 Å². The topological polar surface area (TPSA) is 58.4 Å². The summed E-state index contributed by atoms with van der Waals surface area (Å²) in [4.78, 5) is 13.2. The van der Waals surface area contributed by atoms with Crippen molar-refractivity contribution >= 4 is 11.6 Å². The summed E-state index contributed by atoms with van der Waals surface area (Å²) in [7, 11) is 1.52. The van der Waals surface area contributed by atoms with Crippen LogP contribution in [0.15, 0.2) is 12.1 Å². The number of carbonyl (C=O) groups is 1. The van der Waals surface area contributed by atoms with Gasteiger partial charge in [0.2, 0.25) is 5.91 Å². The predicted molar refractivity (Wildman–Crippen MR) is 68.7 cm³/mol. The molecule has 1 aliphatic rings. The second kappa shape index (κ2) is 5.52.